The molecule has 0 bridgehead atoms. The number of esters is 1. The van der Waals surface area contributed by atoms with E-state index >= 15 is 0 Å². The summed E-state index contributed by atoms with van der Waals surface area (Å²) in [6.07, 6.45) is 7.58. The Balaban J connectivity index is 1.55. The summed E-state index contributed by atoms with van der Waals surface area (Å²) in [5.41, 5.74) is 2.38. The van der Waals surface area contributed by atoms with Gasteiger partial charge in [-0.3, -0.25) is 5.32 Å². The fourth-order valence-corrected chi connectivity index (χ4v) is 5.58. The predicted molar refractivity (Wildman–Crippen MR) is 110 cm³/mol. The van der Waals surface area contributed by atoms with E-state index in [9.17, 15) is 9.59 Å². The number of anilines is 1. The van der Waals surface area contributed by atoms with Gasteiger partial charge in [0, 0.05) is 23.9 Å². The molecule has 1 N–H and O–H groups in total. The molecule has 1 aliphatic heterocycles. The van der Waals surface area contributed by atoms with Gasteiger partial charge >= 0.3 is 12.0 Å². The Kier molecular flexibility index (Phi) is 5.89. The molecular formula is C21H27N3O4S. The van der Waals surface area contributed by atoms with E-state index in [2.05, 4.69) is 17.4 Å². The van der Waals surface area contributed by atoms with Gasteiger partial charge in [0.15, 0.2) is 0 Å². The van der Waals surface area contributed by atoms with Gasteiger partial charge in [-0.1, -0.05) is 12.1 Å². The fraction of sp³-hybridized carbons (Fsp3) is 0.571. The molecule has 29 heavy (non-hydrogen) atoms. The van der Waals surface area contributed by atoms with Crippen molar-refractivity contribution < 1.29 is 18.8 Å². The summed E-state index contributed by atoms with van der Waals surface area (Å²) in [5, 5.41) is 7.81. The zero-order chi connectivity index (χ0) is 20.4. The van der Waals surface area contributed by atoms with Gasteiger partial charge < -0.3 is 14.2 Å². The van der Waals surface area contributed by atoms with Crippen LogP contribution in [0.15, 0.2) is 10.6 Å². The van der Waals surface area contributed by atoms with Crippen LogP contribution in [-0.2, 0) is 24.0 Å². The second-order valence-electron chi connectivity index (χ2n) is 7.66. The maximum atomic E-state index is 13.1. The molecule has 1 saturated heterocycles. The molecule has 7 nitrogen and oxygen atoms in total. The predicted octanol–water partition coefficient (Wildman–Crippen LogP) is 4.72. The Bertz CT molecular complexity index is 904. The van der Waals surface area contributed by atoms with Crippen molar-refractivity contribution in [3.63, 3.8) is 0 Å². The van der Waals surface area contributed by atoms with Gasteiger partial charge in [0.1, 0.15) is 16.5 Å². The van der Waals surface area contributed by atoms with Crippen molar-refractivity contribution in [1.82, 2.24) is 10.1 Å². The summed E-state index contributed by atoms with van der Waals surface area (Å²) in [6, 6.07) is 1.67. The van der Waals surface area contributed by atoms with Crippen molar-refractivity contribution >= 4 is 28.3 Å². The van der Waals surface area contributed by atoms with E-state index in [1.54, 1.807) is 4.90 Å². The van der Waals surface area contributed by atoms with Gasteiger partial charge in [0.05, 0.1) is 18.7 Å². The first-order chi connectivity index (χ1) is 14.1. The third kappa shape index (κ3) is 3.90. The lowest BCUT2D eigenvalue weighted by Gasteiger charge is -2.23. The van der Waals surface area contributed by atoms with Crippen LogP contribution < -0.4 is 5.32 Å². The number of rotatable bonds is 5. The maximum Gasteiger partial charge on any atom is 0.341 e. The van der Waals surface area contributed by atoms with Crippen LogP contribution in [0.5, 0.6) is 0 Å². The Morgan fingerprint density at radius 1 is 1.34 bits per heavy atom. The quantitative estimate of drug-likeness (QED) is 0.712. The molecule has 0 aromatic carbocycles. The Labute approximate surface area is 174 Å². The number of aromatic nitrogens is 1. The van der Waals surface area contributed by atoms with E-state index in [1.807, 2.05) is 6.07 Å². The molecule has 2 aromatic rings. The van der Waals surface area contributed by atoms with Crippen LogP contribution in [0.2, 0.25) is 0 Å². The van der Waals surface area contributed by atoms with E-state index in [4.69, 9.17) is 9.26 Å². The summed E-state index contributed by atoms with van der Waals surface area (Å²) in [6.45, 7) is 2.75. The smallest absolute Gasteiger partial charge is 0.341 e. The number of ether oxygens (including phenoxy) is 1. The van der Waals surface area contributed by atoms with E-state index < -0.39 is 0 Å². The molecule has 2 aromatic heterocycles. The van der Waals surface area contributed by atoms with Gasteiger partial charge in [-0.05, 0) is 50.5 Å². The zero-order valence-electron chi connectivity index (χ0n) is 17.0. The number of nitrogens with zero attached hydrogens (tertiary/aromatic N) is 2. The largest absolute Gasteiger partial charge is 0.465 e. The van der Waals surface area contributed by atoms with Crippen molar-refractivity contribution in [2.45, 2.75) is 64.3 Å². The highest BCUT2D eigenvalue weighted by molar-refractivity contribution is 7.17. The van der Waals surface area contributed by atoms with Gasteiger partial charge in [-0.15, -0.1) is 11.3 Å². The highest BCUT2D eigenvalue weighted by Crippen LogP contribution is 2.39. The summed E-state index contributed by atoms with van der Waals surface area (Å²) < 4.78 is 10.4. The average Bonchev–Trinajstić information content (AvgIpc) is 3.45. The molecule has 1 aliphatic carbocycles. The number of hydrogen-bond acceptors (Lipinski definition) is 6. The van der Waals surface area contributed by atoms with Gasteiger partial charge in [0.2, 0.25) is 0 Å². The standard InChI is InChI=1S/C21H27N3O4S/c1-3-7-13-12-15(23-28-13)16-9-6-11-24(16)21(26)22-19-18(20(25)27-2)14-8-4-5-10-17(14)29-19/h12,16H,3-11H2,1-2H3,(H,22,26)/t16-/m1/s1. The summed E-state index contributed by atoms with van der Waals surface area (Å²) in [4.78, 5) is 28.5. The topological polar surface area (TPSA) is 84.7 Å². The molecular weight excluding hydrogens is 390 g/mol. The third-order valence-corrected chi connectivity index (χ3v) is 6.92. The minimum Gasteiger partial charge on any atom is -0.465 e. The van der Waals surface area contributed by atoms with Crippen molar-refractivity contribution in [1.29, 1.82) is 0 Å². The first kappa shape index (κ1) is 19.9. The number of nitrogens with one attached hydrogen (secondary N) is 1. The zero-order valence-corrected chi connectivity index (χ0v) is 17.8. The van der Waals surface area contributed by atoms with Crippen LogP contribution in [0.25, 0.3) is 0 Å². The summed E-state index contributed by atoms with van der Waals surface area (Å²) in [5.74, 6) is 0.479. The van der Waals surface area contributed by atoms with E-state index in [0.29, 0.717) is 17.1 Å². The lowest BCUT2D eigenvalue weighted by Crippen LogP contribution is -2.34. The first-order valence-electron chi connectivity index (χ1n) is 10.4. The van der Waals surface area contributed by atoms with Gasteiger partial charge in [0.25, 0.3) is 0 Å². The van der Waals surface area contributed by atoms with Crippen LogP contribution in [0.4, 0.5) is 9.80 Å². The fourth-order valence-electron chi connectivity index (χ4n) is 4.31. The highest BCUT2D eigenvalue weighted by atomic mass is 32.1. The molecule has 4 rings (SSSR count). The van der Waals surface area contributed by atoms with Crippen LogP contribution in [0, 0.1) is 0 Å². The summed E-state index contributed by atoms with van der Waals surface area (Å²) >= 11 is 1.51. The average molecular weight is 418 g/mol. The molecule has 2 amide bonds. The molecule has 3 heterocycles. The number of thiophene rings is 1. The minimum atomic E-state index is -0.376. The number of methoxy groups -OCH3 is 1. The van der Waals surface area contributed by atoms with Crippen LogP contribution in [0.3, 0.4) is 0 Å². The monoisotopic (exact) mass is 417 g/mol. The maximum absolute atomic E-state index is 13.1. The number of fused-ring (bicyclic) bond motifs is 1. The number of hydrogen-bond donors (Lipinski definition) is 1. The number of urea groups is 1. The van der Waals surface area contributed by atoms with Gasteiger partial charge in [-0.25, -0.2) is 9.59 Å². The molecule has 0 unspecified atom stereocenters. The molecule has 1 fully saturated rings. The van der Waals surface area contributed by atoms with Crippen molar-refractivity contribution in [2.24, 2.45) is 0 Å². The van der Waals surface area contributed by atoms with Crippen molar-refractivity contribution in [3.05, 3.63) is 33.5 Å². The third-order valence-electron chi connectivity index (χ3n) is 5.71. The second kappa shape index (κ2) is 8.57. The number of aryl methyl sites for hydroxylation is 2. The highest BCUT2D eigenvalue weighted by Gasteiger charge is 2.34. The lowest BCUT2D eigenvalue weighted by molar-refractivity contribution is 0.0601. The SMILES string of the molecule is CCCc1cc([C@H]2CCCN2C(=O)Nc2sc3c(c2C(=O)OC)CCCC3)no1. The van der Waals surface area contributed by atoms with Crippen LogP contribution >= 0.6 is 11.3 Å². The van der Waals surface area contributed by atoms with Crippen molar-refractivity contribution in [2.75, 3.05) is 19.0 Å². The Hall–Kier alpha value is -2.35. The van der Waals surface area contributed by atoms with E-state index in [0.717, 1.165) is 68.4 Å². The van der Waals surface area contributed by atoms with Crippen LogP contribution in [-0.4, -0.2) is 35.7 Å². The number of likely N-dealkylation sites (tertiary alicyclic amines) is 1. The second-order valence-corrected chi connectivity index (χ2v) is 8.76. The van der Waals surface area contributed by atoms with Gasteiger partial charge in [-0.2, -0.15) is 0 Å². The normalized spacial score (nSPS) is 18.6. The number of carbonyl (C=O) groups is 2. The molecule has 156 valence electrons. The molecule has 0 saturated carbocycles. The number of carbonyl (C=O) groups excluding carboxylic acids is 2. The first-order valence-corrected chi connectivity index (χ1v) is 11.2. The lowest BCUT2D eigenvalue weighted by atomic mass is 9.95. The molecule has 8 heteroatoms. The minimum absolute atomic E-state index is 0.0967. The molecule has 0 radical (unpaired) electrons. The molecule has 2 aliphatic rings. The summed E-state index contributed by atoms with van der Waals surface area (Å²) in [7, 11) is 1.38. The molecule has 1 atom stereocenters. The number of amides is 2. The Morgan fingerprint density at radius 2 is 2.17 bits per heavy atom. The van der Waals surface area contributed by atoms with E-state index in [-0.39, 0.29) is 18.0 Å². The van der Waals surface area contributed by atoms with Crippen LogP contribution in [0.1, 0.15) is 77.3 Å². The Morgan fingerprint density at radius 3 is 2.97 bits per heavy atom. The van der Waals surface area contributed by atoms with Crippen molar-refractivity contribution in [3.8, 4) is 0 Å². The molecule has 0 spiro atoms. The van der Waals surface area contributed by atoms with E-state index in [1.165, 1.54) is 23.3 Å².